The number of carbonyl (C=O) groups excluding carboxylic acids is 2. The first-order valence-electron chi connectivity index (χ1n) is 30.4. The summed E-state index contributed by atoms with van der Waals surface area (Å²) in [5.41, 5.74) is 9.27. The molecule has 20 nitrogen and oxygen atoms in total. The number of carbonyl (C=O) groups is 2. The number of aliphatic hydroxyl groups excluding tert-OH is 2. The van der Waals surface area contributed by atoms with Gasteiger partial charge in [0.1, 0.15) is 41.9 Å². The second kappa shape index (κ2) is 22.7. The standard InChI is InChI=1S/C65H71FN12O8S/c1-32(2)58(64(83)77-27-42(80)21-53(77)62(81)70-52(29-79)38-10-12-39(13-11-38)60-35(6)67-31-87-60)78-28-48-44-14-7-36(19-50(44)69-63(82)57(48)74-78)30-85-59-55(54-34(5)49(66)23-51-47(54)24-68-73-51)45(37-8-9-37)22-46-56(59)71-65(86-43-15-17-84-18-16-43)72-61(46)76-26-40-20-41(76)25-75(40)33(3)4/h7,10-14,19,22-24,28,31-33,37,40-43,52-53,58,79-80H,8-9,15-18,20-21,25-27,29-30H2,1-6H3,(H,68,73)(H,69,82)(H,70,81). The first-order valence-corrected chi connectivity index (χ1v) is 31.3. The number of nitrogens with zero attached hydrogens (tertiary/aromatic N) is 9. The van der Waals surface area contributed by atoms with Crippen LogP contribution in [-0.4, -0.2) is 148 Å². The van der Waals surface area contributed by atoms with Crippen LogP contribution in [0.15, 0.2) is 77.3 Å². The van der Waals surface area contributed by atoms with E-state index >= 15 is 4.39 Å². The number of halogens is 1. The van der Waals surface area contributed by atoms with Gasteiger partial charge in [-0.15, -0.1) is 11.3 Å². The van der Waals surface area contributed by atoms with Gasteiger partial charge >= 0.3 is 6.01 Å². The van der Waals surface area contributed by atoms with E-state index in [9.17, 15) is 24.6 Å². The lowest BCUT2D eigenvalue weighted by molar-refractivity contribution is -0.142. The largest absolute Gasteiger partial charge is 0.486 e. The number of fused-ring (bicyclic) bond motifs is 7. The lowest BCUT2D eigenvalue weighted by atomic mass is 9.88. The minimum Gasteiger partial charge on any atom is -0.486 e. The van der Waals surface area contributed by atoms with E-state index in [0.29, 0.717) is 87.9 Å². The van der Waals surface area contributed by atoms with E-state index < -0.39 is 41.6 Å². The topological polar surface area (TPSA) is 242 Å². The van der Waals surface area contributed by atoms with Gasteiger partial charge in [0.25, 0.3) is 5.56 Å². The SMILES string of the molecule is Cc1ncsc1-c1ccc(C(CO)NC(=O)C2CC(O)CN2C(=O)C(C(C)C)n2cc3c(n2)c(=O)[nH]c2cc(COc4c(-c5c(C)c(F)cc6[nH]ncc56)c(C5CC5)cc5c(N6CC7CC6CN7C(C)C)nc(OC6CCOCC6)nc45)ccc23)cc1. The number of hydrogen-bond acceptors (Lipinski definition) is 16. The van der Waals surface area contributed by atoms with Crippen molar-refractivity contribution in [2.75, 3.05) is 44.4 Å². The third kappa shape index (κ3) is 10.3. The number of hydrogen-bond donors (Lipinski definition) is 5. The normalized spacial score (nSPS) is 20.8. The zero-order chi connectivity index (χ0) is 60.1. The summed E-state index contributed by atoms with van der Waals surface area (Å²) in [7, 11) is 0. The van der Waals surface area contributed by atoms with E-state index in [1.807, 2.05) is 63.2 Å². The molecule has 87 heavy (non-hydrogen) atoms. The molecule has 14 rings (SSSR count). The van der Waals surface area contributed by atoms with Crippen molar-refractivity contribution < 1.29 is 38.4 Å². The molecule has 1 aliphatic carbocycles. The Morgan fingerprint density at radius 3 is 2.41 bits per heavy atom. The van der Waals surface area contributed by atoms with Gasteiger partial charge < -0.3 is 44.5 Å². The maximum Gasteiger partial charge on any atom is 0.319 e. The average molecular weight is 1200 g/mol. The molecule has 6 atom stereocenters. The molecule has 2 amide bonds. The van der Waals surface area contributed by atoms with Crippen LogP contribution in [0.5, 0.6) is 11.8 Å². The van der Waals surface area contributed by atoms with Crippen molar-refractivity contribution in [1.82, 2.24) is 55.0 Å². The lowest BCUT2D eigenvalue weighted by Crippen LogP contribution is -2.50. The van der Waals surface area contributed by atoms with Gasteiger partial charge in [-0.3, -0.25) is 29.1 Å². The number of pyridine rings is 1. The number of nitrogens with one attached hydrogen (secondary N) is 3. The number of likely N-dealkylation sites (tertiary alicyclic amines) is 2. The molecule has 1 saturated carbocycles. The fraction of sp³-hybridized carbons (Fsp3) is 0.446. The predicted octanol–water partition coefficient (Wildman–Crippen LogP) is 8.94. The molecule has 22 heteroatoms. The van der Waals surface area contributed by atoms with Gasteiger partial charge in [0.2, 0.25) is 11.8 Å². The fourth-order valence-corrected chi connectivity index (χ4v) is 14.8. The Balaban J connectivity index is 0.803. The molecular weight excluding hydrogens is 1130 g/mol. The van der Waals surface area contributed by atoms with E-state index in [1.165, 1.54) is 27.0 Å². The number of β-amino-alcohol motifs (C(OH)–C–C–N with tert-alkyl or cyclic N) is 1. The number of thiazole rings is 1. The third-order valence-corrected chi connectivity index (χ3v) is 19.6. The third-order valence-electron chi connectivity index (χ3n) is 18.6. The Bertz CT molecular complexity index is 4210. The summed E-state index contributed by atoms with van der Waals surface area (Å²) in [5.74, 6) is -0.243. The number of aromatic amines is 2. The number of benzene rings is 4. The summed E-state index contributed by atoms with van der Waals surface area (Å²) < 4.78 is 37.5. The number of rotatable bonds is 17. The summed E-state index contributed by atoms with van der Waals surface area (Å²) in [6, 6.07) is 15.5. The highest BCUT2D eigenvalue weighted by Gasteiger charge is 2.47. The Labute approximate surface area is 505 Å². The van der Waals surface area contributed by atoms with Crippen LogP contribution in [0, 0.1) is 25.6 Å². The van der Waals surface area contributed by atoms with Crippen molar-refractivity contribution in [2.24, 2.45) is 5.92 Å². The summed E-state index contributed by atoms with van der Waals surface area (Å²) in [6.07, 6.45) is 6.64. The maximum absolute atomic E-state index is 16.3. The molecule has 5 N–H and O–H groups in total. The molecule has 0 radical (unpaired) electrons. The highest BCUT2D eigenvalue weighted by molar-refractivity contribution is 7.13. The molecule has 5 aromatic heterocycles. The second-order valence-corrected chi connectivity index (χ2v) is 25.8. The quantitative estimate of drug-likeness (QED) is 0.0572. The van der Waals surface area contributed by atoms with Gasteiger partial charge in [0, 0.05) is 101 Å². The van der Waals surface area contributed by atoms with E-state index in [0.717, 1.165) is 81.8 Å². The van der Waals surface area contributed by atoms with E-state index in [2.05, 4.69) is 55.2 Å². The van der Waals surface area contributed by atoms with Gasteiger partial charge in [-0.2, -0.15) is 20.2 Å². The molecule has 2 bridgehead atoms. The first-order chi connectivity index (χ1) is 42.1. The van der Waals surface area contributed by atoms with Crippen molar-refractivity contribution in [3.8, 4) is 33.3 Å². The number of aliphatic hydroxyl groups is 2. The van der Waals surface area contributed by atoms with Crippen molar-refractivity contribution in [3.05, 3.63) is 117 Å². The molecule has 9 heterocycles. The Morgan fingerprint density at radius 2 is 1.70 bits per heavy atom. The Morgan fingerprint density at radius 1 is 0.897 bits per heavy atom. The van der Waals surface area contributed by atoms with E-state index in [1.54, 1.807) is 24.8 Å². The zero-order valence-corrected chi connectivity index (χ0v) is 50.4. The van der Waals surface area contributed by atoms with Gasteiger partial charge in [-0.1, -0.05) is 50.2 Å². The van der Waals surface area contributed by atoms with Gasteiger partial charge in [0.05, 0.1) is 59.8 Å². The molecule has 5 aliphatic rings. The lowest BCUT2D eigenvalue weighted by Gasteiger charge is -2.37. The van der Waals surface area contributed by atoms with Gasteiger partial charge in [-0.25, -0.2) is 9.37 Å². The smallest absolute Gasteiger partial charge is 0.319 e. The van der Waals surface area contributed by atoms with Crippen LogP contribution in [0.1, 0.15) is 112 Å². The Hall–Kier alpha value is -7.89. The minimum atomic E-state index is -1.04. The van der Waals surface area contributed by atoms with Crippen LogP contribution >= 0.6 is 11.3 Å². The number of piperazine rings is 1. The number of aromatic nitrogens is 8. The minimum absolute atomic E-state index is 0.00151. The number of ether oxygens (including phenoxy) is 3. The number of amides is 2. The van der Waals surface area contributed by atoms with Crippen molar-refractivity contribution in [3.63, 3.8) is 0 Å². The molecule has 6 unspecified atom stereocenters. The summed E-state index contributed by atoms with van der Waals surface area (Å²) >= 11 is 1.53. The fourth-order valence-electron chi connectivity index (χ4n) is 14.0. The highest BCUT2D eigenvalue weighted by Crippen LogP contribution is 2.54. The summed E-state index contributed by atoms with van der Waals surface area (Å²) in [6.45, 7) is 14.4. The molecular formula is C65H71FN12O8S. The van der Waals surface area contributed by atoms with Crippen molar-refractivity contribution in [2.45, 2.75) is 141 Å². The van der Waals surface area contributed by atoms with Crippen molar-refractivity contribution >= 4 is 72.6 Å². The second-order valence-electron chi connectivity index (χ2n) is 25.0. The molecule has 9 aromatic rings. The molecule has 4 aliphatic heterocycles. The molecule has 4 aromatic carbocycles. The van der Waals surface area contributed by atoms with Gasteiger partial charge in [0.15, 0.2) is 11.3 Å². The van der Waals surface area contributed by atoms with Crippen LogP contribution in [0.25, 0.3) is 65.2 Å². The van der Waals surface area contributed by atoms with Crippen LogP contribution in [-0.2, 0) is 20.9 Å². The first kappa shape index (κ1) is 56.9. The molecule has 5 fully saturated rings. The van der Waals surface area contributed by atoms with Crippen LogP contribution in [0.4, 0.5) is 10.2 Å². The number of aryl methyl sites for hydroxylation is 1. The number of anilines is 1. The van der Waals surface area contributed by atoms with Crippen LogP contribution in [0.2, 0.25) is 0 Å². The number of H-pyrrole nitrogens is 2. The summed E-state index contributed by atoms with van der Waals surface area (Å²) in [4.78, 5) is 68.7. The highest BCUT2D eigenvalue weighted by atomic mass is 32.1. The summed E-state index contributed by atoms with van der Waals surface area (Å²) in [5, 5.41) is 39.4. The van der Waals surface area contributed by atoms with Gasteiger partial charge in [-0.05, 0) is 105 Å². The Kier molecular flexibility index (Phi) is 14.8. The molecule has 452 valence electrons. The molecule has 0 spiro atoms. The van der Waals surface area contributed by atoms with E-state index in [4.69, 9.17) is 29.3 Å². The predicted molar refractivity (Wildman–Crippen MR) is 330 cm³/mol. The maximum atomic E-state index is 16.3. The van der Waals surface area contributed by atoms with Crippen molar-refractivity contribution in [1.29, 1.82) is 0 Å². The van der Waals surface area contributed by atoms with E-state index in [-0.39, 0.29) is 67.5 Å². The average Bonchev–Trinajstić information content (AvgIpc) is 1.95. The molecule has 4 saturated heterocycles. The van der Waals surface area contributed by atoms with Crippen LogP contribution < -0.4 is 25.2 Å². The monoisotopic (exact) mass is 1200 g/mol. The zero-order valence-electron chi connectivity index (χ0n) is 49.5. The van der Waals surface area contributed by atoms with Crippen LogP contribution in [0.3, 0.4) is 0 Å².